The van der Waals surface area contributed by atoms with E-state index in [4.69, 9.17) is 15.2 Å². The summed E-state index contributed by atoms with van der Waals surface area (Å²) in [5.41, 5.74) is 1.66. The van der Waals surface area contributed by atoms with Crippen LogP contribution in [0.5, 0.6) is 11.9 Å². The minimum absolute atomic E-state index is 0.00288. The summed E-state index contributed by atoms with van der Waals surface area (Å²) in [5, 5.41) is 3.38. The van der Waals surface area contributed by atoms with Crippen LogP contribution in [0.4, 0.5) is 30.2 Å². The van der Waals surface area contributed by atoms with E-state index in [2.05, 4.69) is 20.3 Å². The third-order valence-electron chi connectivity index (χ3n) is 5.24. The Morgan fingerprint density at radius 2 is 1.74 bits per heavy atom. The van der Waals surface area contributed by atoms with E-state index in [9.17, 15) is 26.4 Å². The number of carbonyl (C=O) groups excluding carboxylic acids is 1. The quantitative estimate of drug-likeness (QED) is 0.298. The normalized spacial score (nSPS) is 11.7. The van der Waals surface area contributed by atoms with Gasteiger partial charge in [-0.2, -0.15) is 26.6 Å². The number of anilines is 3. The third kappa shape index (κ3) is 5.22. The van der Waals surface area contributed by atoms with Crippen molar-refractivity contribution < 1.29 is 35.9 Å². The highest BCUT2D eigenvalue weighted by Crippen LogP contribution is 2.35. The molecular weight excluding hydrogens is 529 g/mol. The number of nitrogens with one attached hydrogen (secondary N) is 2. The smallest absolute Gasteiger partial charge is 0.480 e. The monoisotopic (exact) mass is 548 g/mol. The highest BCUT2D eigenvalue weighted by molar-refractivity contribution is 7.93. The number of benzene rings is 2. The number of aromatic nitrogens is 3. The van der Waals surface area contributed by atoms with Gasteiger partial charge in [-0.1, -0.05) is 18.2 Å². The van der Waals surface area contributed by atoms with Crippen LogP contribution in [0.2, 0.25) is 0 Å². The molecule has 0 saturated carbocycles. The summed E-state index contributed by atoms with van der Waals surface area (Å²) in [7, 11) is -2.77. The van der Waals surface area contributed by atoms with Crippen LogP contribution >= 0.6 is 0 Å². The molecule has 0 aliphatic rings. The van der Waals surface area contributed by atoms with Crippen LogP contribution in [-0.4, -0.2) is 49.0 Å². The summed E-state index contributed by atoms with van der Waals surface area (Å²) in [6.07, 6.45) is 2.75. The van der Waals surface area contributed by atoms with Crippen molar-refractivity contribution in [1.29, 1.82) is 0 Å². The lowest BCUT2D eigenvalue weighted by Gasteiger charge is -2.16. The van der Waals surface area contributed by atoms with Gasteiger partial charge in [0, 0.05) is 23.5 Å². The van der Waals surface area contributed by atoms with E-state index in [1.807, 2.05) is 0 Å². The Morgan fingerprint density at radius 1 is 1.00 bits per heavy atom. The van der Waals surface area contributed by atoms with Gasteiger partial charge in [-0.25, -0.2) is 4.98 Å². The molecule has 4 aromatic rings. The van der Waals surface area contributed by atoms with Gasteiger partial charge >= 0.3 is 21.5 Å². The number of rotatable bonds is 8. The predicted octanol–water partition coefficient (Wildman–Crippen LogP) is 3.81. The summed E-state index contributed by atoms with van der Waals surface area (Å²) in [5.74, 6) is -0.563. The number of primary amides is 1. The molecule has 11 nitrogen and oxygen atoms in total. The van der Waals surface area contributed by atoms with Gasteiger partial charge in [-0.05, 0) is 29.8 Å². The number of amides is 1. The summed E-state index contributed by atoms with van der Waals surface area (Å²) in [6.45, 7) is 0. The van der Waals surface area contributed by atoms with E-state index in [0.717, 1.165) is 12.1 Å². The first-order valence-corrected chi connectivity index (χ1v) is 12.1. The van der Waals surface area contributed by atoms with E-state index >= 15 is 0 Å². The number of alkyl halides is 3. The number of sulfonamides is 1. The zero-order chi connectivity index (χ0) is 27.7. The number of methoxy groups -OCH3 is 2. The third-order valence-corrected chi connectivity index (χ3v) is 6.36. The maximum absolute atomic E-state index is 12.8. The van der Waals surface area contributed by atoms with Gasteiger partial charge in [0.2, 0.25) is 5.88 Å². The number of ether oxygens (including phenoxy) is 2. The predicted molar refractivity (Wildman–Crippen MR) is 133 cm³/mol. The van der Waals surface area contributed by atoms with Crippen LogP contribution in [0, 0.1) is 0 Å². The maximum atomic E-state index is 12.8. The number of halogens is 3. The minimum Gasteiger partial charge on any atom is -0.480 e. The Hall–Kier alpha value is -4.66. The van der Waals surface area contributed by atoms with Crippen molar-refractivity contribution in [2.75, 3.05) is 24.3 Å². The van der Waals surface area contributed by atoms with Gasteiger partial charge < -0.3 is 20.5 Å². The molecule has 0 saturated heterocycles. The number of carbonyl (C=O) groups is 1. The van der Waals surface area contributed by atoms with Gasteiger partial charge in [0.05, 0.1) is 42.2 Å². The van der Waals surface area contributed by atoms with Gasteiger partial charge in [0.15, 0.2) is 0 Å². The first-order chi connectivity index (χ1) is 17.9. The van der Waals surface area contributed by atoms with Crippen LogP contribution in [0.3, 0.4) is 0 Å². The molecule has 4 rings (SSSR count). The lowest BCUT2D eigenvalue weighted by Crippen LogP contribution is -2.29. The largest absolute Gasteiger partial charge is 0.516 e. The molecule has 0 unspecified atom stereocenters. The zero-order valence-corrected chi connectivity index (χ0v) is 20.5. The van der Waals surface area contributed by atoms with E-state index in [1.165, 1.54) is 43.5 Å². The van der Waals surface area contributed by atoms with E-state index < -0.39 is 21.4 Å². The van der Waals surface area contributed by atoms with Crippen molar-refractivity contribution in [2.24, 2.45) is 5.73 Å². The zero-order valence-electron chi connectivity index (χ0n) is 19.7. The Labute approximate surface area is 213 Å². The molecule has 1 amide bonds. The molecule has 0 fully saturated rings. The molecule has 198 valence electrons. The van der Waals surface area contributed by atoms with Gasteiger partial charge in [0.25, 0.3) is 5.91 Å². The van der Waals surface area contributed by atoms with E-state index in [0.29, 0.717) is 22.0 Å². The van der Waals surface area contributed by atoms with Gasteiger partial charge in [-0.3, -0.25) is 14.5 Å². The maximum Gasteiger partial charge on any atom is 0.516 e. The fraction of sp³-hybridized carbons (Fsp3) is 0.130. The molecule has 2 heterocycles. The molecule has 0 spiro atoms. The summed E-state index contributed by atoms with van der Waals surface area (Å²) in [6, 6.07) is 10.2. The molecular formula is C23H19F3N6O5S. The second kappa shape index (κ2) is 10.0. The van der Waals surface area contributed by atoms with E-state index in [1.54, 1.807) is 18.2 Å². The average Bonchev–Trinajstić information content (AvgIpc) is 2.87. The number of nitrogens with two attached hydrogens (primary N) is 1. The van der Waals surface area contributed by atoms with Crippen LogP contribution < -0.4 is 25.2 Å². The van der Waals surface area contributed by atoms with Crippen LogP contribution in [0.25, 0.3) is 22.0 Å². The number of nitrogens with zero attached hydrogens (tertiary/aromatic N) is 3. The summed E-state index contributed by atoms with van der Waals surface area (Å²) < 4.78 is 73.1. The standard InChI is InChI=1S/C23H19F3N6O5S/c1-36-21-16(10-29-22(31-21)37-2)12-6-7-15-18(8-12)28-11-17(20(27)33)19(15)30-13-4-3-5-14(9-13)32-38(34,35)23(24,25)26/h3-11,32H,1-2H3,(H2,27,33)(H,28,30). The molecule has 0 bridgehead atoms. The topological polar surface area (TPSA) is 158 Å². The molecule has 38 heavy (non-hydrogen) atoms. The molecule has 4 N–H and O–H groups in total. The molecule has 15 heteroatoms. The Balaban J connectivity index is 1.77. The molecule has 2 aromatic carbocycles. The molecule has 0 aliphatic heterocycles. The number of hydrogen-bond donors (Lipinski definition) is 3. The number of fused-ring (bicyclic) bond motifs is 1. The molecule has 0 aliphatic carbocycles. The number of hydrogen-bond acceptors (Lipinski definition) is 9. The highest BCUT2D eigenvalue weighted by atomic mass is 32.2. The van der Waals surface area contributed by atoms with Gasteiger partial charge in [-0.15, -0.1) is 0 Å². The fourth-order valence-corrected chi connectivity index (χ4v) is 4.06. The Kier molecular flexibility index (Phi) is 6.95. The van der Waals surface area contributed by atoms with Crippen molar-refractivity contribution in [3.05, 3.63) is 60.4 Å². The van der Waals surface area contributed by atoms with Crippen molar-refractivity contribution in [1.82, 2.24) is 15.0 Å². The van der Waals surface area contributed by atoms with Crippen LogP contribution in [0.15, 0.2) is 54.9 Å². The van der Waals surface area contributed by atoms with Gasteiger partial charge in [0.1, 0.15) is 0 Å². The first kappa shape index (κ1) is 26.4. The number of pyridine rings is 1. The van der Waals surface area contributed by atoms with Crippen molar-refractivity contribution >= 4 is 43.9 Å². The highest BCUT2D eigenvalue weighted by Gasteiger charge is 2.46. The van der Waals surface area contributed by atoms with Crippen molar-refractivity contribution in [3.63, 3.8) is 0 Å². The van der Waals surface area contributed by atoms with Crippen LogP contribution in [-0.2, 0) is 10.0 Å². The summed E-state index contributed by atoms with van der Waals surface area (Å²) >= 11 is 0. The summed E-state index contributed by atoms with van der Waals surface area (Å²) in [4.78, 5) is 24.7. The average molecular weight is 549 g/mol. The lowest BCUT2D eigenvalue weighted by atomic mass is 10.0. The second-order valence-corrected chi connectivity index (χ2v) is 9.35. The first-order valence-electron chi connectivity index (χ1n) is 10.6. The lowest BCUT2D eigenvalue weighted by molar-refractivity contribution is -0.0429. The van der Waals surface area contributed by atoms with Crippen molar-refractivity contribution in [2.45, 2.75) is 5.51 Å². The Morgan fingerprint density at radius 3 is 2.39 bits per heavy atom. The van der Waals surface area contributed by atoms with Crippen LogP contribution in [0.1, 0.15) is 10.4 Å². The second-order valence-electron chi connectivity index (χ2n) is 7.68. The molecule has 0 radical (unpaired) electrons. The SMILES string of the molecule is COc1ncc(-c2ccc3c(Nc4cccc(NS(=O)(=O)C(F)(F)F)c4)c(C(N)=O)cnc3c2)c(OC)n1. The van der Waals surface area contributed by atoms with Crippen molar-refractivity contribution in [3.8, 4) is 23.0 Å². The van der Waals surface area contributed by atoms with E-state index in [-0.39, 0.29) is 34.5 Å². The Bertz CT molecular complexity index is 1650. The molecule has 2 aromatic heterocycles. The fourth-order valence-electron chi connectivity index (χ4n) is 3.50. The molecule has 0 atom stereocenters. The minimum atomic E-state index is -5.63.